The summed E-state index contributed by atoms with van der Waals surface area (Å²) < 4.78 is 1.75. The average Bonchev–Trinajstić information content (AvgIpc) is 3.08. The van der Waals surface area contributed by atoms with E-state index in [1.807, 2.05) is 18.2 Å². The van der Waals surface area contributed by atoms with Gasteiger partial charge < -0.3 is 11.1 Å². The van der Waals surface area contributed by atoms with Gasteiger partial charge in [0.1, 0.15) is 5.82 Å². The smallest absolute Gasteiger partial charge is 0.256 e. The molecular formula is C19H18N4O2. The molecule has 3 N–H and O–H groups in total. The van der Waals surface area contributed by atoms with Crippen molar-refractivity contribution in [2.75, 3.05) is 5.32 Å². The first-order valence-corrected chi connectivity index (χ1v) is 7.90. The van der Waals surface area contributed by atoms with E-state index < -0.39 is 5.91 Å². The molecule has 0 fully saturated rings. The number of aryl methyl sites for hydroxylation is 2. The Hall–Kier alpha value is -3.41. The Morgan fingerprint density at radius 2 is 1.64 bits per heavy atom. The number of anilines is 1. The highest BCUT2D eigenvalue weighted by molar-refractivity contribution is 6.04. The molecule has 0 bridgehead atoms. The summed E-state index contributed by atoms with van der Waals surface area (Å²) in [5.41, 5.74) is 7.22. The fourth-order valence-electron chi connectivity index (χ4n) is 2.47. The Morgan fingerprint density at radius 3 is 2.32 bits per heavy atom. The maximum Gasteiger partial charge on any atom is 0.256 e. The van der Waals surface area contributed by atoms with Crippen LogP contribution >= 0.6 is 0 Å². The van der Waals surface area contributed by atoms with Gasteiger partial charge in [-0.3, -0.25) is 9.59 Å². The molecular weight excluding hydrogens is 316 g/mol. The maximum absolute atomic E-state index is 12.4. The number of nitrogens with zero attached hydrogens (tertiary/aromatic N) is 2. The third-order valence-electron chi connectivity index (χ3n) is 3.84. The predicted octanol–water partition coefficient (Wildman–Crippen LogP) is 2.48. The van der Waals surface area contributed by atoms with E-state index in [4.69, 9.17) is 5.73 Å². The van der Waals surface area contributed by atoms with Crippen LogP contribution in [0.1, 0.15) is 26.3 Å². The van der Waals surface area contributed by atoms with Crippen molar-refractivity contribution in [2.24, 2.45) is 5.73 Å². The van der Waals surface area contributed by atoms with E-state index in [0.29, 0.717) is 23.5 Å². The highest BCUT2D eigenvalue weighted by Crippen LogP contribution is 2.12. The normalized spacial score (nSPS) is 10.4. The molecule has 2 aromatic carbocycles. The fourth-order valence-corrected chi connectivity index (χ4v) is 2.47. The predicted molar refractivity (Wildman–Crippen MR) is 95.3 cm³/mol. The zero-order valence-corrected chi connectivity index (χ0v) is 13.6. The number of benzene rings is 2. The highest BCUT2D eigenvalue weighted by atomic mass is 16.2. The van der Waals surface area contributed by atoms with Crippen LogP contribution in [0.4, 0.5) is 5.82 Å². The first-order chi connectivity index (χ1) is 12.1. The van der Waals surface area contributed by atoms with Crippen molar-refractivity contribution in [3.63, 3.8) is 0 Å². The summed E-state index contributed by atoms with van der Waals surface area (Å²) >= 11 is 0. The van der Waals surface area contributed by atoms with Gasteiger partial charge in [-0.25, -0.2) is 4.68 Å². The van der Waals surface area contributed by atoms with Crippen molar-refractivity contribution in [2.45, 2.75) is 13.0 Å². The van der Waals surface area contributed by atoms with Crippen molar-refractivity contribution < 1.29 is 9.59 Å². The molecule has 6 nitrogen and oxygen atoms in total. The van der Waals surface area contributed by atoms with Gasteiger partial charge in [-0.2, -0.15) is 5.10 Å². The molecule has 6 heteroatoms. The topological polar surface area (TPSA) is 90.0 Å². The number of carbonyl (C=O) groups is 2. The minimum atomic E-state index is -0.522. The summed E-state index contributed by atoms with van der Waals surface area (Å²) in [5, 5.41) is 7.09. The minimum Gasteiger partial charge on any atom is -0.366 e. The first-order valence-electron chi connectivity index (χ1n) is 7.90. The number of rotatable bonds is 6. The summed E-state index contributed by atoms with van der Waals surface area (Å²) in [6.07, 6.45) is 2.47. The molecule has 0 spiro atoms. The van der Waals surface area contributed by atoms with Gasteiger partial charge in [-0.15, -0.1) is 0 Å². The third-order valence-corrected chi connectivity index (χ3v) is 3.84. The average molecular weight is 334 g/mol. The molecule has 1 aromatic heterocycles. The molecule has 0 aliphatic rings. The van der Waals surface area contributed by atoms with Gasteiger partial charge >= 0.3 is 0 Å². The van der Waals surface area contributed by atoms with Gasteiger partial charge in [0, 0.05) is 23.7 Å². The Balaban J connectivity index is 1.66. The summed E-state index contributed by atoms with van der Waals surface area (Å²) in [5.74, 6) is -0.164. The number of amides is 2. The molecule has 0 unspecified atom stereocenters. The monoisotopic (exact) mass is 334 g/mol. The van der Waals surface area contributed by atoms with Crippen LogP contribution in [0, 0.1) is 0 Å². The van der Waals surface area contributed by atoms with Gasteiger partial charge in [0.2, 0.25) is 5.91 Å². The number of primary amides is 1. The van der Waals surface area contributed by atoms with E-state index in [-0.39, 0.29) is 5.91 Å². The van der Waals surface area contributed by atoms with E-state index >= 15 is 0 Å². The third kappa shape index (κ3) is 4.11. The Bertz CT molecular complexity index is 870. The second-order valence-corrected chi connectivity index (χ2v) is 5.57. The number of hydrogen-bond donors (Lipinski definition) is 2. The molecule has 2 amide bonds. The molecule has 1 heterocycles. The molecule has 0 atom stereocenters. The lowest BCUT2D eigenvalue weighted by Crippen LogP contribution is -2.17. The molecule has 0 aliphatic carbocycles. The van der Waals surface area contributed by atoms with Crippen LogP contribution in [0.25, 0.3) is 0 Å². The van der Waals surface area contributed by atoms with E-state index in [1.54, 1.807) is 29.1 Å². The molecule has 3 aromatic rings. The van der Waals surface area contributed by atoms with Crippen molar-refractivity contribution in [1.29, 1.82) is 0 Å². The number of nitrogens with one attached hydrogen (secondary N) is 1. The number of aromatic nitrogens is 2. The highest BCUT2D eigenvalue weighted by Gasteiger charge is 2.10. The van der Waals surface area contributed by atoms with Crippen LogP contribution in [-0.2, 0) is 13.0 Å². The van der Waals surface area contributed by atoms with E-state index in [0.717, 1.165) is 6.42 Å². The lowest BCUT2D eigenvalue weighted by atomic mass is 10.1. The Morgan fingerprint density at radius 1 is 0.960 bits per heavy atom. The molecule has 3 rings (SSSR count). The van der Waals surface area contributed by atoms with Crippen LogP contribution < -0.4 is 11.1 Å². The number of hydrogen-bond acceptors (Lipinski definition) is 3. The molecule has 0 saturated heterocycles. The van der Waals surface area contributed by atoms with E-state index in [9.17, 15) is 9.59 Å². The second-order valence-electron chi connectivity index (χ2n) is 5.57. The second kappa shape index (κ2) is 7.44. The minimum absolute atomic E-state index is 0.266. The van der Waals surface area contributed by atoms with Crippen LogP contribution in [0.2, 0.25) is 0 Å². The SMILES string of the molecule is NC(=O)c1ccc(C(=O)Nc2ccnn2CCc2ccccc2)cc1. The van der Waals surface area contributed by atoms with Gasteiger partial charge in [0.15, 0.2) is 0 Å². The Labute approximate surface area is 145 Å². The molecule has 25 heavy (non-hydrogen) atoms. The summed E-state index contributed by atoms with van der Waals surface area (Å²) in [6.45, 7) is 0.660. The zero-order valence-electron chi connectivity index (χ0n) is 13.6. The number of nitrogens with two attached hydrogens (primary N) is 1. The zero-order chi connectivity index (χ0) is 17.6. The van der Waals surface area contributed by atoms with Crippen molar-refractivity contribution in [3.8, 4) is 0 Å². The summed E-state index contributed by atoms with van der Waals surface area (Å²) in [7, 11) is 0. The molecule has 126 valence electrons. The fraction of sp³-hybridized carbons (Fsp3) is 0.105. The molecule has 0 saturated carbocycles. The first kappa shape index (κ1) is 16.4. The maximum atomic E-state index is 12.4. The van der Waals surface area contributed by atoms with Gasteiger partial charge in [-0.1, -0.05) is 30.3 Å². The number of carbonyl (C=O) groups excluding carboxylic acids is 2. The molecule has 0 aliphatic heterocycles. The van der Waals surface area contributed by atoms with E-state index in [2.05, 4.69) is 22.5 Å². The van der Waals surface area contributed by atoms with Crippen molar-refractivity contribution in [3.05, 3.63) is 83.6 Å². The standard InChI is InChI=1S/C19H18N4O2/c20-18(24)15-6-8-16(9-7-15)19(25)22-17-10-12-21-23(17)13-11-14-4-2-1-3-5-14/h1-10,12H,11,13H2,(H2,20,24)(H,22,25). The van der Waals surface area contributed by atoms with E-state index in [1.165, 1.54) is 17.7 Å². The quantitative estimate of drug-likeness (QED) is 0.725. The largest absolute Gasteiger partial charge is 0.366 e. The van der Waals surface area contributed by atoms with Crippen molar-refractivity contribution in [1.82, 2.24) is 9.78 Å². The van der Waals surface area contributed by atoms with Gasteiger partial charge in [0.05, 0.1) is 6.20 Å². The lowest BCUT2D eigenvalue weighted by molar-refractivity contribution is 0.0995. The van der Waals surface area contributed by atoms with Gasteiger partial charge in [0.25, 0.3) is 5.91 Å². The van der Waals surface area contributed by atoms with Crippen LogP contribution in [-0.4, -0.2) is 21.6 Å². The van der Waals surface area contributed by atoms with Crippen molar-refractivity contribution >= 4 is 17.6 Å². The molecule has 0 radical (unpaired) electrons. The van der Waals surface area contributed by atoms with Gasteiger partial charge in [-0.05, 0) is 36.2 Å². The summed E-state index contributed by atoms with van der Waals surface area (Å²) in [4.78, 5) is 23.4. The van der Waals surface area contributed by atoms with Crippen LogP contribution in [0.3, 0.4) is 0 Å². The van der Waals surface area contributed by atoms with Crippen LogP contribution in [0.15, 0.2) is 66.9 Å². The Kier molecular flexibility index (Phi) is 4.89. The summed E-state index contributed by atoms with van der Waals surface area (Å²) in [6, 6.07) is 18.0. The van der Waals surface area contributed by atoms with Crippen LogP contribution in [0.5, 0.6) is 0 Å². The lowest BCUT2D eigenvalue weighted by Gasteiger charge is -2.09.